The molecule has 1 heterocycles. The number of halogens is 1. The Bertz CT molecular complexity index is 502. The van der Waals surface area contributed by atoms with Gasteiger partial charge < -0.3 is 11.1 Å². The van der Waals surface area contributed by atoms with Crippen LogP contribution in [0.4, 0.5) is 5.69 Å². The molecule has 2 nitrogen and oxygen atoms in total. The Morgan fingerprint density at radius 2 is 2.11 bits per heavy atom. The van der Waals surface area contributed by atoms with Crippen molar-refractivity contribution in [2.75, 3.05) is 5.73 Å². The van der Waals surface area contributed by atoms with Crippen LogP contribution in [-0.2, 0) is 19.5 Å². The van der Waals surface area contributed by atoms with E-state index in [4.69, 9.17) is 17.3 Å². The minimum Gasteiger partial charge on any atom is -0.399 e. The number of nitrogens with one attached hydrogen (secondary N) is 1. The normalized spacial score (nSPS) is 10.8. The van der Waals surface area contributed by atoms with E-state index < -0.39 is 0 Å². The number of rotatable bonds is 5. The lowest BCUT2D eigenvalue weighted by molar-refractivity contribution is 0.697. The molecule has 2 rings (SSSR count). The van der Waals surface area contributed by atoms with Gasteiger partial charge in [0.1, 0.15) is 0 Å². The van der Waals surface area contributed by atoms with Gasteiger partial charge >= 0.3 is 0 Å². The van der Waals surface area contributed by atoms with E-state index in [1.165, 1.54) is 10.4 Å². The molecule has 0 amide bonds. The maximum absolute atomic E-state index is 5.97. The molecule has 1 aromatic heterocycles. The number of hydrogen-bond donors (Lipinski definition) is 2. The molecule has 4 heteroatoms. The predicted molar refractivity (Wildman–Crippen MR) is 80.1 cm³/mol. The lowest BCUT2D eigenvalue weighted by atomic mass is 10.2. The maximum Gasteiger partial charge on any atom is 0.0429 e. The summed E-state index contributed by atoms with van der Waals surface area (Å²) in [6.45, 7) is 3.86. The van der Waals surface area contributed by atoms with Crippen LogP contribution in [0, 0.1) is 0 Å². The summed E-state index contributed by atoms with van der Waals surface area (Å²) in [5.74, 6) is 0. The van der Waals surface area contributed by atoms with E-state index in [1.807, 2.05) is 12.1 Å². The van der Waals surface area contributed by atoms with Gasteiger partial charge in [-0.15, -0.1) is 11.3 Å². The van der Waals surface area contributed by atoms with Crippen molar-refractivity contribution in [3.63, 3.8) is 0 Å². The molecule has 3 N–H and O–H groups in total. The molecule has 0 bridgehead atoms. The molecular formula is C14H17ClN2S. The van der Waals surface area contributed by atoms with Crippen LogP contribution in [0.1, 0.15) is 22.9 Å². The topological polar surface area (TPSA) is 38.0 Å². The van der Waals surface area contributed by atoms with Gasteiger partial charge in [-0.05, 0) is 47.2 Å². The van der Waals surface area contributed by atoms with Crippen molar-refractivity contribution in [2.24, 2.45) is 0 Å². The van der Waals surface area contributed by atoms with E-state index >= 15 is 0 Å². The van der Waals surface area contributed by atoms with Gasteiger partial charge in [-0.2, -0.15) is 0 Å². The monoisotopic (exact) mass is 280 g/mol. The number of nitrogens with two attached hydrogens (primary N) is 1. The van der Waals surface area contributed by atoms with Gasteiger partial charge in [0.05, 0.1) is 0 Å². The molecule has 0 saturated carbocycles. The van der Waals surface area contributed by atoms with Crippen molar-refractivity contribution in [3.05, 3.63) is 50.7 Å². The highest BCUT2D eigenvalue weighted by atomic mass is 35.5. The maximum atomic E-state index is 5.97. The first kappa shape index (κ1) is 13.4. The lowest BCUT2D eigenvalue weighted by Gasteiger charge is -2.07. The molecular weight excluding hydrogens is 264 g/mol. The Morgan fingerprint density at radius 1 is 1.28 bits per heavy atom. The summed E-state index contributed by atoms with van der Waals surface area (Å²) in [6, 6.07) is 7.85. The van der Waals surface area contributed by atoms with E-state index in [-0.39, 0.29) is 0 Å². The second-order valence-corrected chi connectivity index (χ2v) is 5.66. The first-order chi connectivity index (χ1) is 8.69. The SMILES string of the molecule is CCc1ccsc1CNCc1cc(N)cc(Cl)c1. The quantitative estimate of drug-likeness (QED) is 0.817. The summed E-state index contributed by atoms with van der Waals surface area (Å²) < 4.78 is 0. The van der Waals surface area contributed by atoms with Crippen LogP contribution in [0.15, 0.2) is 29.6 Å². The summed E-state index contributed by atoms with van der Waals surface area (Å²) in [6.07, 6.45) is 1.09. The summed E-state index contributed by atoms with van der Waals surface area (Å²) in [5.41, 5.74) is 9.02. The molecule has 0 spiro atoms. The van der Waals surface area contributed by atoms with Crippen molar-refractivity contribution >= 4 is 28.6 Å². The van der Waals surface area contributed by atoms with Crippen LogP contribution in [-0.4, -0.2) is 0 Å². The Hall–Kier alpha value is -1.03. The fourth-order valence-corrected chi connectivity index (χ4v) is 3.15. The van der Waals surface area contributed by atoms with Gasteiger partial charge in [0, 0.05) is 28.7 Å². The molecule has 0 aliphatic heterocycles. The third-order valence-corrected chi connectivity index (χ3v) is 3.99. The first-order valence-electron chi connectivity index (χ1n) is 6.00. The fourth-order valence-electron chi connectivity index (χ4n) is 1.93. The zero-order valence-electron chi connectivity index (χ0n) is 10.4. The van der Waals surface area contributed by atoms with E-state index in [0.717, 1.165) is 25.1 Å². The zero-order valence-corrected chi connectivity index (χ0v) is 11.9. The fraction of sp³-hybridized carbons (Fsp3) is 0.286. The first-order valence-corrected chi connectivity index (χ1v) is 7.25. The summed E-state index contributed by atoms with van der Waals surface area (Å²) in [5, 5.41) is 6.27. The van der Waals surface area contributed by atoms with E-state index in [2.05, 4.69) is 23.7 Å². The molecule has 0 fully saturated rings. The van der Waals surface area contributed by atoms with Crippen molar-refractivity contribution in [1.29, 1.82) is 0 Å². The molecule has 0 radical (unpaired) electrons. The van der Waals surface area contributed by atoms with Gasteiger partial charge in [-0.3, -0.25) is 0 Å². The molecule has 1 aromatic carbocycles. The number of hydrogen-bond acceptors (Lipinski definition) is 3. The number of nitrogen functional groups attached to an aromatic ring is 1. The Kier molecular flexibility index (Phi) is 4.64. The molecule has 0 aliphatic rings. The van der Waals surface area contributed by atoms with E-state index in [1.54, 1.807) is 17.4 Å². The average Bonchev–Trinajstić information content (AvgIpc) is 2.75. The second kappa shape index (κ2) is 6.23. The average molecular weight is 281 g/mol. The van der Waals surface area contributed by atoms with Gasteiger partial charge in [-0.1, -0.05) is 18.5 Å². The van der Waals surface area contributed by atoms with Crippen LogP contribution in [0.2, 0.25) is 5.02 Å². The van der Waals surface area contributed by atoms with Gasteiger partial charge in [0.2, 0.25) is 0 Å². The molecule has 96 valence electrons. The van der Waals surface area contributed by atoms with Crippen LogP contribution in [0.25, 0.3) is 0 Å². The highest BCUT2D eigenvalue weighted by Crippen LogP contribution is 2.18. The Balaban J connectivity index is 1.92. The van der Waals surface area contributed by atoms with E-state index in [9.17, 15) is 0 Å². The largest absolute Gasteiger partial charge is 0.399 e. The standard InChI is InChI=1S/C14H17ClN2S/c1-2-11-3-4-18-14(11)9-17-8-10-5-12(15)7-13(16)6-10/h3-7,17H,2,8-9,16H2,1H3. The van der Waals surface area contributed by atoms with Crippen molar-refractivity contribution < 1.29 is 0 Å². The van der Waals surface area contributed by atoms with Crippen molar-refractivity contribution in [3.8, 4) is 0 Å². The molecule has 0 saturated heterocycles. The zero-order chi connectivity index (χ0) is 13.0. The van der Waals surface area contributed by atoms with Crippen molar-refractivity contribution in [2.45, 2.75) is 26.4 Å². The van der Waals surface area contributed by atoms with Crippen molar-refractivity contribution in [1.82, 2.24) is 5.32 Å². The number of aryl methyl sites for hydroxylation is 1. The highest BCUT2D eigenvalue weighted by molar-refractivity contribution is 7.10. The van der Waals surface area contributed by atoms with Crippen LogP contribution < -0.4 is 11.1 Å². The second-order valence-electron chi connectivity index (χ2n) is 4.22. The Labute approximate surface area is 117 Å². The van der Waals surface area contributed by atoms with Gasteiger partial charge in [-0.25, -0.2) is 0 Å². The highest BCUT2D eigenvalue weighted by Gasteiger charge is 2.02. The third kappa shape index (κ3) is 3.48. The summed E-state index contributed by atoms with van der Waals surface area (Å²) in [4.78, 5) is 1.41. The summed E-state index contributed by atoms with van der Waals surface area (Å²) in [7, 11) is 0. The van der Waals surface area contributed by atoms with Crippen LogP contribution >= 0.6 is 22.9 Å². The molecule has 0 unspecified atom stereocenters. The number of anilines is 1. The molecule has 2 aromatic rings. The third-order valence-electron chi connectivity index (χ3n) is 2.81. The summed E-state index contributed by atoms with van der Waals surface area (Å²) >= 11 is 7.77. The smallest absolute Gasteiger partial charge is 0.0429 e. The minimum atomic E-state index is 0.692. The van der Waals surface area contributed by atoms with Crippen LogP contribution in [0.3, 0.4) is 0 Å². The predicted octanol–water partition coefficient (Wildman–Crippen LogP) is 3.84. The molecule has 0 atom stereocenters. The van der Waals surface area contributed by atoms with E-state index in [0.29, 0.717) is 10.7 Å². The van der Waals surface area contributed by atoms with Crippen LogP contribution in [0.5, 0.6) is 0 Å². The minimum absolute atomic E-state index is 0.692. The van der Waals surface area contributed by atoms with Gasteiger partial charge in [0.15, 0.2) is 0 Å². The van der Waals surface area contributed by atoms with Gasteiger partial charge in [0.25, 0.3) is 0 Å². The lowest BCUT2D eigenvalue weighted by Crippen LogP contribution is -2.12. The number of thiophene rings is 1. The molecule has 18 heavy (non-hydrogen) atoms. The Morgan fingerprint density at radius 3 is 2.83 bits per heavy atom. The molecule has 0 aliphatic carbocycles. The number of benzene rings is 1.